The Morgan fingerprint density at radius 2 is 1.97 bits per heavy atom. The SMILES string of the molecule is CCCCN(Cc1ccc(C(=O)NCCC(=O)O)cc1)c1nc(-c2cccc([N+](=O)[O-])c2)cs1. The molecule has 0 saturated heterocycles. The fourth-order valence-electron chi connectivity index (χ4n) is 3.28. The van der Waals surface area contributed by atoms with Crippen LogP contribution >= 0.6 is 11.3 Å². The Labute approximate surface area is 201 Å². The Balaban J connectivity index is 1.72. The summed E-state index contributed by atoms with van der Waals surface area (Å²) >= 11 is 1.49. The molecule has 0 fully saturated rings. The molecule has 2 aromatic carbocycles. The van der Waals surface area contributed by atoms with E-state index in [-0.39, 0.29) is 24.6 Å². The maximum absolute atomic E-state index is 12.2. The highest BCUT2D eigenvalue weighted by atomic mass is 32.1. The minimum atomic E-state index is -0.960. The van der Waals surface area contributed by atoms with Crippen molar-refractivity contribution in [3.8, 4) is 11.3 Å². The van der Waals surface area contributed by atoms with Gasteiger partial charge in [-0.15, -0.1) is 11.3 Å². The fraction of sp³-hybridized carbons (Fsp3) is 0.292. The van der Waals surface area contributed by atoms with Gasteiger partial charge < -0.3 is 15.3 Å². The summed E-state index contributed by atoms with van der Waals surface area (Å²) in [5, 5.41) is 25.1. The quantitative estimate of drug-likeness (QED) is 0.282. The van der Waals surface area contributed by atoms with Crippen molar-refractivity contribution < 1.29 is 19.6 Å². The van der Waals surface area contributed by atoms with Gasteiger partial charge >= 0.3 is 5.97 Å². The summed E-state index contributed by atoms with van der Waals surface area (Å²) in [5.74, 6) is -1.27. The number of unbranched alkanes of at least 4 members (excludes halogenated alkanes) is 1. The number of anilines is 1. The van der Waals surface area contributed by atoms with E-state index in [1.807, 2.05) is 23.6 Å². The topological polar surface area (TPSA) is 126 Å². The number of rotatable bonds is 12. The Kier molecular flexibility index (Phi) is 8.69. The van der Waals surface area contributed by atoms with E-state index in [9.17, 15) is 19.7 Å². The van der Waals surface area contributed by atoms with Crippen LogP contribution in [-0.2, 0) is 11.3 Å². The van der Waals surface area contributed by atoms with Gasteiger partial charge in [-0.25, -0.2) is 4.98 Å². The molecule has 1 amide bonds. The Morgan fingerprint density at radius 1 is 1.21 bits per heavy atom. The van der Waals surface area contributed by atoms with Crippen LogP contribution in [0, 0.1) is 10.1 Å². The number of carbonyl (C=O) groups is 2. The van der Waals surface area contributed by atoms with Crippen LogP contribution in [0.25, 0.3) is 11.3 Å². The molecule has 0 spiro atoms. The summed E-state index contributed by atoms with van der Waals surface area (Å²) in [6.45, 7) is 3.60. The standard InChI is InChI=1S/C24H26N4O5S/c1-2-3-13-27(15-17-7-9-18(10-8-17)23(31)25-12-11-22(29)30)24-26-21(16-34-24)19-5-4-6-20(14-19)28(32)33/h4-10,14,16H,2-3,11-13,15H2,1H3,(H,25,31)(H,29,30). The van der Waals surface area contributed by atoms with Gasteiger partial charge in [0.05, 0.1) is 17.0 Å². The van der Waals surface area contributed by atoms with Crippen molar-refractivity contribution in [1.29, 1.82) is 0 Å². The first kappa shape index (κ1) is 24.8. The second-order valence-electron chi connectivity index (χ2n) is 7.69. The van der Waals surface area contributed by atoms with Crippen LogP contribution in [0.2, 0.25) is 0 Å². The molecule has 0 saturated carbocycles. The highest BCUT2D eigenvalue weighted by molar-refractivity contribution is 7.14. The first-order valence-electron chi connectivity index (χ1n) is 10.9. The number of carboxylic acid groups (broad SMARTS) is 1. The molecule has 34 heavy (non-hydrogen) atoms. The van der Waals surface area contributed by atoms with Crippen LogP contribution < -0.4 is 10.2 Å². The molecule has 2 N–H and O–H groups in total. The average Bonchev–Trinajstić information content (AvgIpc) is 3.32. The van der Waals surface area contributed by atoms with Crippen molar-refractivity contribution in [1.82, 2.24) is 10.3 Å². The predicted octanol–water partition coefficient (Wildman–Crippen LogP) is 4.73. The van der Waals surface area contributed by atoms with Gasteiger partial charge in [-0.2, -0.15) is 0 Å². The highest BCUT2D eigenvalue weighted by Gasteiger charge is 2.15. The molecule has 0 unspecified atom stereocenters. The van der Waals surface area contributed by atoms with Crippen molar-refractivity contribution in [3.05, 3.63) is 75.2 Å². The Hall–Kier alpha value is -3.79. The first-order chi connectivity index (χ1) is 16.4. The van der Waals surface area contributed by atoms with Crippen LogP contribution in [0.5, 0.6) is 0 Å². The van der Waals surface area contributed by atoms with E-state index in [4.69, 9.17) is 10.1 Å². The Morgan fingerprint density at radius 3 is 2.65 bits per heavy atom. The van der Waals surface area contributed by atoms with Crippen LogP contribution in [0.1, 0.15) is 42.1 Å². The van der Waals surface area contributed by atoms with E-state index in [2.05, 4.69) is 17.1 Å². The molecule has 0 aliphatic heterocycles. The van der Waals surface area contributed by atoms with E-state index in [0.29, 0.717) is 23.4 Å². The van der Waals surface area contributed by atoms with Crippen molar-refractivity contribution in [2.45, 2.75) is 32.7 Å². The summed E-state index contributed by atoms with van der Waals surface area (Å²) in [7, 11) is 0. The molecular weight excluding hydrogens is 456 g/mol. The third kappa shape index (κ3) is 6.85. The molecular formula is C24H26N4O5S. The monoisotopic (exact) mass is 482 g/mol. The summed E-state index contributed by atoms with van der Waals surface area (Å²) < 4.78 is 0. The van der Waals surface area contributed by atoms with Gasteiger partial charge in [-0.1, -0.05) is 37.6 Å². The number of carbonyl (C=O) groups excluding carboxylic acids is 1. The number of carboxylic acids is 1. The lowest BCUT2D eigenvalue weighted by molar-refractivity contribution is -0.384. The second kappa shape index (κ2) is 11.9. The number of thiazole rings is 1. The molecule has 0 bridgehead atoms. The number of nitrogens with one attached hydrogen (secondary N) is 1. The molecule has 0 aliphatic rings. The van der Waals surface area contributed by atoms with Gasteiger partial charge in [0.15, 0.2) is 5.13 Å². The summed E-state index contributed by atoms with van der Waals surface area (Å²) in [6, 6.07) is 13.6. The molecule has 1 aromatic heterocycles. The highest BCUT2D eigenvalue weighted by Crippen LogP contribution is 2.30. The minimum absolute atomic E-state index is 0.0296. The maximum atomic E-state index is 12.2. The van der Waals surface area contributed by atoms with E-state index >= 15 is 0 Å². The van der Waals surface area contributed by atoms with Gasteiger partial charge in [-0.3, -0.25) is 19.7 Å². The zero-order chi connectivity index (χ0) is 24.5. The number of aromatic nitrogens is 1. The van der Waals surface area contributed by atoms with Crippen molar-refractivity contribution >= 4 is 34.0 Å². The van der Waals surface area contributed by atoms with Crippen LogP contribution in [0.3, 0.4) is 0 Å². The second-order valence-corrected chi connectivity index (χ2v) is 8.53. The lowest BCUT2D eigenvalue weighted by atomic mass is 10.1. The molecule has 3 aromatic rings. The summed E-state index contributed by atoms with van der Waals surface area (Å²) in [6.07, 6.45) is 1.88. The number of nitro groups is 1. The number of nitro benzene ring substituents is 1. The molecule has 1 heterocycles. The van der Waals surface area contributed by atoms with Crippen LogP contribution in [0.4, 0.5) is 10.8 Å². The van der Waals surface area contributed by atoms with Gasteiger partial charge in [0, 0.05) is 48.3 Å². The predicted molar refractivity (Wildman–Crippen MR) is 131 cm³/mol. The van der Waals surface area contributed by atoms with E-state index in [1.54, 1.807) is 18.2 Å². The van der Waals surface area contributed by atoms with Gasteiger partial charge in [0.2, 0.25) is 0 Å². The molecule has 10 heteroatoms. The number of amides is 1. The normalized spacial score (nSPS) is 10.6. The number of hydrogen-bond donors (Lipinski definition) is 2. The van der Waals surface area contributed by atoms with Gasteiger partial charge in [0.25, 0.3) is 11.6 Å². The molecule has 178 valence electrons. The molecule has 9 nitrogen and oxygen atoms in total. The van der Waals surface area contributed by atoms with Crippen LogP contribution in [0.15, 0.2) is 53.9 Å². The Bertz CT molecular complexity index is 1150. The molecule has 0 atom stereocenters. The summed E-state index contributed by atoms with van der Waals surface area (Å²) in [4.78, 5) is 40.3. The molecule has 0 aliphatic carbocycles. The van der Waals surface area contributed by atoms with E-state index in [0.717, 1.165) is 30.1 Å². The number of benzene rings is 2. The number of nitrogens with zero attached hydrogens (tertiary/aromatic N) is 3. The van der Waals surface area contributed by atoms with Gasteiger partial charge in [-0.05, 0) is 24.1 Å². The number of hydrogen-bond acceptors (Lipinski definition) is 7. The van der Waals surface area contributed by atoms with Crippen LogP contribution in [-0.4, -0.2) is 40.0 Å². The van der Waals surface area contributed by atoms with E-state index in [1.165, 1.54) is 23.5 Å². The average molecular weight is 483 g/mol. The number of aliphatic carboxylic acids is 1. The lowest BCUT2D eigenvalue weighted by Crippen LogP contribution is -2.26. The third-order valence-corrected chi connectivity index (χ3v) is 6.01. The smallest absolute Gasteiger partial charge is 0.305 e. The molecule has 3 rings (SSSR count). The zero-order valence-corrected chi connectivity index (χ0v) is 19.6. The maximum Gasteiger partial charge on any atom is 0.305 e. The fourth-order valence-corrected chi connectivity index (χ4v) is 4.14. The largest absolute Gasteiger partial charge is 0.481 e. The third-order valence-electron chi connectivity index (χ3n) is 5.11. The van der Waals surface area contributed by atoms with Crippen molar-refractivity contribution in [3.63, 3.8) is 0 Å². The lowest BCUT2D eigenvalue weighted by Gasteiger charge is -2.22. The number of non-ortho nitro benzene ring substituents is 1. The van der Waals surface area contributed by atoms with E-state index < -0.39 is 10.9 Å². The molecule has 0 radical (unpaired) electrons. The summed E-state index contributed by atoms with van der Waals surface area (Å²) in [5.41, 5.74) is 2.90. The van der Waals surface area contributed by atoms with Gasteiger partial charge in [0.1, 0.15) is 0 Å². The van der Waals surface area contributed by atoms with Crippen molar-refractivity contribution in [2.75, 3.05) is 18.0 Å². The first-order valence-corrected chi connectivity index (χ1v) is 11.8. The minimum Gasteiger partial charge on any atom is -0.481 e. The van der Waals surface area contributed by atoms with Crippen molar-refractivity contribution in [2.24, 2.45) is 0 Å². The zero-order valence-electron chi connectivity index (χ0n) is 18.8.